The van der Waals surface area contributed by atoms with Crippen LogP contribution >= 0.6 is 0 Å². The number of nitrogens with one attached hydrogen (secondary N) is 2. The Labute approximate surface area is 114 Å². The number of amides is 1. The minimum Gasteiger partial charge on any atom is -0.469 e. The molecule has 6 heteroatoms. The third-order valence-electron chi connectivity index (χ3n) is 3.04. The Kier molecular flexibility index (Phi) is 5.60. The van der Waals surface area contributed by atoms with Crippen molar-refractivity contribution in [3.05, 3.63) is 0 Å². The molecule has 1 rings (SSSR count). The van der Waals surface area contributed by atoms with Gasteiger partial charge in [-0.2, -0.15) is 0 Å². The SMILES string of the molecule is COC(=O)[C@@H]1CNCC[C@H]1CNC(=O)OC(C)(C)C. The molecule has 0 radical (unpaired) electrons. The van der Waals surface area contributed by atoms with Crippen LogP contribution in [0, 0.1) is 11.8 Å². The number of carbonyl (C=O) groups is 2. The highest BCUT2D eigenvalue weighted by Crippen LogP contribution is 2.20. The van der Waals surface area contributed by atoms with E-state index >= 15 is 0 Å². The van der Waals surface area contributed by atoms with Crippen molar-refractivity contribution in [1.82, 2.24) is 10.6 Å². The summed E-state index contributed by atoms with van der Waals surface area (Å²) in [7, 11) is 1.38. The van der Waals surface area contributed by atoms with E-state index in [0.29, 0.717) is 13.1 Å². The minimum atomic E-state index is -0.514. The summed E-state index contributed by atoms with van der Waals surface area (Å²) in [5.41, 5.74) is -0.514. The molecule has 1 amide bonds. The summed E-state index contributed by atoms with van der Waals surface area (Å²) in [6, 6.07) is 0. The second-order valence-corrected chi connectivity index (χ2v) is 5.77. The third kappa shape index (κ3) is 5.46. The Morgan fingerprint density at radius 2 is 2.05 bits per heavy atom. The van der Waals surface area contributed by atoms with E-state index in [4.69, 9.17) is 9.47 Å². The number of piperidine rings is 1. The maximum absolute atomic E-state index is 11.6. The van der Waals surface area contributed by atoms with Crippen molar-refractivity contribution in [3.63, 3.8) is 0 Å². The van der Waals surface area contributed by atoms with Crippen LogP contribution in [0.2, 0.25) is 0 Å². The number of carbonyl (C=O) groups excluding carboxylic acids is 2. The molecule has 2 N–H and O–H groups in total. The van der Waals surface area contributed by atoms with Crippen molar-refractivity contribution in [1.29, 1.82) is 0 Å². The van der Waals surface area contributed by atoms with E-state index in [9.17, 15) is 9.59 Å². The molecule has 0 aromatic carbocycles. The van der Waals surface area contributed by atoms with Gasteiger partial charge in [-0.3, -0.25) is 4.79 Å². The van der Waals surface area contributed by atoms with Crippen LogP contribution in [-0.4, -0.2) is 44.4 Å². The number of hydrogen-bond acceptors (Lipinski definition) is 5. The van der Waals surface area contributed by atoms with Crippen molar-refractivity contribution >= 4 is 12.1 Å². The van der Waals surface area contributed by atoms with Crippen LogP contribution in [0.25, 0.3) is 0 Å². The van der Waals surface area contributed by atoms with Crippen LogP contribution in [0.5, 0.6) is 0 Å². The summed E-state index contributed by atoms with van der Waals surface area (Å²) in [6.45, 7) is 7.30. The van der Waals surface area contributed by atoms with Gasteiger partial charge in [0.05, 0.1) is 13.0 Å². The molecule has 1 fully saturated rings. The largest absolute Gasteiger partial charge is 0.469 e. The first-order valence-corrected chi connectivity index (χ1v) is 6.59. The zero-order valence-corrected chi connectivity index (χ0v) is 12.1. The molecule has 0 aromatic rings. The summed E-state index contributed by atoms with van der Waals surface area (Å²) in [5, 5.41) is 5.88. The number of hydrogen-bond donors (Lipinski definition) is 2. The molecule has 2 atom stereocenters. The zero-order chi connectivity index (χ0) is 14.5. The van der Waals surface area contributed by atoms with E-state index in [0.717, 1.165) is 13.0 Å². The fourth-order valence-corrected chi connectivity index (χ4v) is 2.11. The van der Waals surface area contributed by atoms with Gasteiger partial charge < -0.3 is 20.1 Å². The Morgan fingerprint density at radius 1 is 1.37 bits per heavy atom. The molecule has 110 valence electrons. The van der Waals surface area contributed by atoms with Crippen molar-refractivity contribution < 1.29 is 19.1 Å². The van der Waals surface area contributed by atoms with Crippen LogP contribution < -0.4 is 10.6 Å². The van der Waals surface area contributed by atoms with Gasteiger partial charge in [0.25, 0.3) is 0 Å². The molecular weight excluding hydrogens is 248 g/mol. The van der Waals surface area contributed by atoms with Gasteiger partial charge in [-0.25, -0.2) is 4.79 Å². The fourth-order valence-electron chi connectivity index (χ4n) is 2.11. The summed E-state index contributed by atoms with van der Waals surface area (Å²) in [5.74, 6) is -0.363. The van der Waals surface area contributed by atoms with Crippen LogP contribution in [0.3, 0.4) is 0 Å². The van der Waals surface area contributed by atoms with Gasteiger partial charge in [0, 0.05) is 13.1 Å². The van der Waals surface area contributed by atoms with Gasteiger partial charge in [-0.15, -0.1) is 0 Å². The van der Waals surface area contributed by atoms with Gasteiger partial charge in [0.1, 0.15) is 5.60 Å². The number of rotatable bonds is 3. The van der Waals surface area contributed by atoms with Crippen molar-refractivity contribution in [3.8, 4) is 0 Å². The van der Waals surface area contributed by atoms with Crippen molar-refractivity contribution in [2.75, 3.05) is 26.7 Å². The molecule has 0 spiro atoms. The van der Waals surface area contributed by atoms with Crippen LogP contribution in [0.1, 0.15) is 27.2 Å². The lowest BCUT2D eigenvalue weighted by molar-refractivity contribution is -0.148. The van der Waals surface area contributed by atoms with Gasteiger partial charge in [0.2, 0.25) is 0 Å². The second-order valence-electron chi connectivity index (χ2n) is 5.77. The monoisotopic (exact) mass is 272 g/mol. The average Bonchev–Trinajstić information content (AvgIpc) is 2.33. The standard InChI is InChI=1S/C13H24N2O4/c1-13(2,3)19-12(17)15-7-9-5-6-14-8-10(9)11(16)18-4/h9-10,14H,5-8H2,1-4H3,(H,15,17)/t9-,10+/m0/s1. The Hall–Kier alpha value is -1.30. The zero-order valence-electron chi connectivity index (χ0n) is 12.1. The maximum atomic E-state index is 11.6. The quantitative estimate of drug-likeness (QED) is 0.747. The molecule has 1 aliphatic rings. The lowest BCUT2D eigenvalue weighted by atomic mass is 9.86. The van der Waals surface area contributed by atoms with Crippen molar-refractivity contribution in [2.45, 2.75) is 32.8 Å². The van der Waals surface area contributed by atoms with E-state index in [1.165, 1.54) is 7.11 Å². The van der Waals surface area contributed by atoms with Gasteiger partial charge >= 0.3 is 12.1 Å². The van der Waals surface area contributed by atoms with E-state index < -0.39 is 11.7 Å². The Morgan fingerprint density at radius 3 is 2.63 bits per heavy atom. The molecule has 0 bridgehead atoms. The first-order chi connectivity index (χ1) is 8.83. The molecule has 19 heavy (non-hydrogen) atoms. The highest BCUT2D eigenvalue weighted by atomic mass is 16.6. The van der Waals surface area contributed by atoms with Gasteiger partial charge in [-0.05, 0) is 39.7 Å². The molecular formula is C13H24N2O4. The molecule has 0 aliphatic carbocycles. The highest BCUT2D eigenvalue weighted by Gasteiger charge is 2.32. The summed E-state index contributed by atoms with van der Waals surface area (Å²) < 4.78 is 9.95. The molecule has 0 saturated carbocycles. The first-order valence-electron chi connectivity index (χ1n) is 6.59. The van der Waals surface area contributed by atoms with E-state index in [-0.39, 0.29) is 17.8 Å². The summed E-state index contributed by atoms with van der Waals surface area (Å²) in [6.07, 6.45) is 0.380. The van der Waals surface area contributed by atoms with Gasteiger partial charge in [0.15, 0.2) is 0 Å². The molecule has 0 unspecified atom stereocenters. The Bertz CT molecular complexity index is 325. The first kappa shape index (κ1) is 15.8. The topological polar surface area (TPSA) is 76.7 Å². The van der Waals surface area contributed by atoms with E-state index in [1.807, 2.05) is 20.8 Å². The van der Waals surface area contributed by atoms with Crippen LogP contribution in [0.4, 0.5) is 4.79 Å². The van der Waals surface area contributed by atoms with Crippen molar-refractivity contribution in [2.24, 2.45) is 11.8 Å². The number of alkyl carbamates (subject to hydrolysis) is 1. The lowest BCUT2D eigenvalue weighted by Crippen LogP contribution is -2.46. The predicted octanol–water partition coefficient (Wildman–Crippen LogP) is 0.910. The second kappa shape index (κ2) is 6.75. The van der Waals surface area contributed by atoms with Crippen LogP contribution in [-0.2, 0) is 14.3 Å². The minimum absolute atomic E-state index is 0.0845. The Balaban J connectivity index is 2.45. The molecule has 1 saturated heterocycles. The lowest BCUT2D eigenvalue weighted by Gasteiger charge is -2.30. The molecule has 1 heterocycles. The maximum Gasteiger partial charge on any atom is 0.407 e. The summed E-state index contributed by atoms with van der Waals surface area (Å²) in [4.78, 5) is 23.2. The smallest absolute Gasteiger partial charge is 0.407 e. The number of esters is 1. The number of methoxy groups -OCH3 is 1. The van der Waals surface area contributed by atoms with E-state index in [1.54, 1.807) is 0 Å². The molecule has 0 aromatic heterocycles. The highest BCUT2D eigenvalue weighted by molar-refractivity contribution is 5.73. The normalized spacial score (nSPS) is 23.6. The molecule has 6 nitrogen and oxygen atoms in total. The summed E-state index contributed by atoms with van der Waals surface area (Å²) >= 11 is 0. The average molecular weight is 272 g/mol. The van der Waals surface area contributed by atoms with Crippen LogP contribution in [0.15, 0.2) is 0 Å². The third-order valence-corrected chi connectivity index (χ3v) is 3.04. The molecule has 1 aliphatic heterocycles. The number of ether oxygens (including phenoxy) is 2. The van der Waals surface area contributed by atoms with E-state index in [2.05, 4.69) is 10.6 Å². The predicted molar refractivity (Wildman–Crippen MR) is 70.7 cm³/mol. The fraction of sp³-hybridized carbons (Fsp3) is 0.846. The van der Waals surface area contributed by atoms with Gasteiger partial charge in [-0.1, -0.05) is 0 Å².